The van der Waals surface area contributed by atoms with E-state index in [-0.39, 0.29) is 48.0 Å². The number of ketones is 1. The van der Waals surface area contributed by atoms with Gasteiger partial charge in [-0.3, -0.25) is 24.1 Å². The van der Waals surface area contributed by atoms with E-state index in [4.69, 9.17) is 4.74 Å². The number of esters is 1. The van der Waals surface area contributed by atoms with E-state index in [1.807, 2.05) is 16.7 Å². The normalized spacial score (nSPS) is 23.8. The highest BCUT2D eigenvalue weighted by Gasteiger charge is 2.35. The fourth-order valence-corrected chi connectivity index (χ4v) is 5.34. The number of pyridine rings is 1. The van der Waals surface area contributed by atoms with Gasteiger partial charge in [-0.05, 0) is 38.2 Å². The van der Waals surface area contributed by atoms with Crippen LogP contribution in [0.25, 0.3) is 0 Å². The highest BCUT2D eigenvalue weighted by Crippen LogP contribution is 2.34. The Morgan fingerprint density at radius 2 is 1.87 bits per heavy atom. The van der Waals surface area contributed by atoms with Gasteiger partial charge in [-0.25, -0.2) is 0 Å². The number of carbonyl (C=O) groups excluding carboxylic acids is 3. The van der Waals surface area contributed by atoms with Crippen LogP contribution in [0.1, 0.15) is 44.2 Å². The van der Waals surface area contributed by atoms with E-state index in [9.17, 15) is 19.2 Å². The first-order chi connectivity index (χ1) is 14.9. The Labute approximate surface area is 182 Å². The van der Waals surface area contributed by atoms with Crippen LogP contribution in [0.4, 0.5) is 0 Å². The molecule has 2 unspecified atom stereocenters. The number of hydrogen-bond acceptors (Lipinski definition) is 6. The maximum absolute atomic E-state index is 12.6. The largest absolute Gasteiger partial charge is 0.466 e. The van der Waals surface area contributed by atoms with Crippen LogP contribution in [0.5, 0.6) is 0 Å². The Balaban J connectivity index is 1.27. The molecule has 168 valence electrons. The first-order valence-corrected chi connectivity index (χ1v) is 11.3. The number of aromatic nitrogens is 1. The molecule has 2 bridgehead atoms. The number of carbonyl (C=O) groups is 3. The molecule has 2 atom stereocenters. The minimum Gasteiger partial charge on any atom is -0.466 e. The highest BCUT2D eigenvalue weighted by molar-refractivity contribution is 5.99. The molecule has 1 aromatic heterocycles. The average molecular weight is 430 g/mol. The minimum absolute atomic E-state index is 0.0500. The van der Waals surface area contributed by atoms with Crippen molar-refractivity contribution in [2.24, 2.45) is 11.8 Å². The van der Waals surface area contributed by atoms with Crippen LogP contribution in [0.15, 0.2) is 23.0 Å². The first kappa shape index (κ1) is 21.7. The lowest BCUT2D eigenvalue weighted by Crippen LogP contribution is -2.49. The van der Waals surface area contributed by atoms with Crippen LogP contribution in [0.3, 0.4) is 0 Å². The topological polar surface area (TPSA) is 88.9 Å². The summed E-state index contributed by atoms with van der Waals surface area (Å²) in [7, 11) is 0. The lowest BCUT2D eigenvalue weighted by molar-refractivity contribution is -0.151. The molecule has 0 saturated carbocycles. The third kappa shape index (κ3) is 4.89. The number of piperidine rings is 2. The summed E-state index contributed by atoms with van der Waals surface area (Å²) in [6, 6.07) is 5.42. The van der Waals surface area contributed by atoms with E-state index in [2.05, 4.69) is 4.90 Å². The fraction of sp³-hybridized carbons (Fsp3) is 0.652. The molecule has 0 radical (unpaired) electrons. The summed E-state index contributed by atoms with van der Waals surface area (Å²) in [5.41, 5.74) is 1.11. The molecule has 31 heavy (non-hydrogen) atoms. The molecule has 0 aromatic carbocycles. The van der Waals surface area contributed by atoms with E-state index in [1.165, 1.54) is 0 Å². The van der Waals surface area contributed by atoms with Gasteiger partial charge < -0.3 is 14.2 Å². The summed E-state index contributed by atoms with van der Waals surface area (Å²) in [6.45, 7) is 5.64. The molecule has 0 spiro atoms. The highest BCUT2D eigenvalue weighted by atomic mass is 16.5. The van der Waals surface area contributed by atoms with Gasteiger partial charge >= 0.3 is 5.97 Å². The predicted octanol–water partition coefficient (Wildman–Crippen LogP) is 1.03. The van der Waals surface area contributed by atoms with Crippen molar-refractivity contribution in [2.45, 2.75) is 45.1 Å². The van der Waals surface area contributed by atoms with Crippen LogP contribution in [-0.2, 0) is 25.7 Å². The van der Waals surface area contributed by atoms with Gasteiger partial charge in [-0.15, -0.1) is 0 Å². The van der Waals surface area contributed by atoms with Gasteiger partial charge in [-0.2, -0.15) is 0 Å². The number of fused-ring (bicyclic) bond motifs is 4. The van der Waals surface area contributed by atoms with Gasteiger partial charge in [-0.1, -0.05) is 6.07 Å². The lowest BCUT2D eigenvalue weighted by atomic mass is 9.83. The summed E-state index contributed by atoms with van der Waals surface area (Å²) in [4.78, 5) is 53.0. The van der Waals surface area contributed by atoms with Crippen molar-refractivity contribution in [3.05, 3.63) is 34.2 Å². The summed E-state index contributed by atoms with van der Waals surface area (Å²) in [6.07, 6.45) is 2.13. The van der Waals surface area contributed by atoms with E-state index in [0.717, 1.165) is 25.2 Å². The minimum atomic E-state index is -0.190. The first-order valence-electron chi connectivity index (χ1n) is 11.3. The number of rotatable bonds is 6. The molecule has 1 amide bonds. The van der Waals surface area contributed by atoms with Crippen LogP contribution >= 0.6 is 0 Å². The number of likely N-dealkylation sites (tertiary alicyclic amines) is 2. The zero-order valence-corrected chi connectivity index (χ0v) is 18.1. The molecule has 4 heterocycles. The van der Waals surface area contributed by atoms with Gasteiger partial charge in [0.05, 0.1) is 25.5 Å². The standard InChI is InChI=1S/C23H31N3O5/c1-2-31-23(30)17-6-8-25(9-7-17)22(29)11-19(27)15-24-12-16-10-18(14-24)20-4-3-5-21(28)26(20)13-16/h3-5,16-18H,2,6-15H2,1H3. The summed E-state index contributed by atoms with van der Waals surface area (Å²) < 4.78 is 6.94. The molecule has 0 aliphatic carbocycles. The molecule has 3 aliphatic rings. The lowest BCUT2D eigenvalue weighted by Gasteiger charge is -2.42. The van der Waals surface area contributed by atoms with Crippen molar-refractivity contribution in [2.75, 3.05) is 39.3 Å². The zero-order valence-electron chi connectivity index (χ0n) is 18.1. The number of hydrogen-bond donors (Lipinski definition) is 0. The van der Waals surface area contributed by atoms with Gasteiger partial charge in [0.15, 0.2) is 5.78 Å². The monoisotopic (exact) mass is 429 g/mol. The molecule has 4 rings (SSSR count). The van der Waals surface area contributed by atoms with E-state index in [0.29, 0.717) is 45.0 Å². The van der Waals surface area contributed by atoms with Crippen LogP contribution in [-0.4, -0.2) is 71.4 Å². The van der Waals surface area contributed by atoms with Crippen molar-refractivity contribution in [1.29, 1.82) is 0 Å². The smallest absolute Gasteiger partial charge is 0.309 e. The SMILES string of the molecule is CCOC(=O)C1CCN(C(=O)CC(=O)CN2CC3CC(C2)c2cccc(=O)n2C3)CC1. The number of Topliss-reactive ketones (excluding diaryl/α,β-unsaturated/α-hetero) is 1. The van der Waals surface area contributed by atoms with Gasteiger partial charge in [0, 0.05) is 50.4 Å². The van der Waals surface area contributed by atoms with Crippen molar-refractivity contribution in [3.8, 4) is 0 Å². The van der Waals surface area contributed by atoms with Gasteiger partial charge in [0.1, 0.15) is 0 Å². The molecule has 1 aromatic rings. The van der Waals surface area contributed by atoms with Crippen LogP contribution in [0.2, 0.25) is 0 Å². The second-order valence-electron chi connectivity index (χ2n) is 9.01. The van der Waals surface area contributed by atoms with E-state index in [1.54, 1.807) is 17.9 Å². The molecule has 8 heteroatoms. The number of nitrogens with zero attached hydrogens (tertiary/aromatic N) is 3. The third-order valence-corrected chi connectivity index (χ3v) is 6.77. The van der Waals surface area contributed by atoms with E-state index >= 15 is 0 Å². The Bertz CT molecular complexity index is 903. The van der Waals surface area contributed by atoms with Crippen LogP contribution < -0.4 is 5.56 Å². The molecular weight excluding hydrogens is 398 g/mol. The number of amides is 1. The van der Waals surface area contributed by atoms with Crippen molar-refractivity contribution in [3.63, 3.8) is 0 Å². The van der Waals surface area contributed by atoms with E-state index < -0.39 is 0 Å². The van der Waals surface area contributed by atoms with Crippen LogP contribution in [0, 0.1) is 11.8 Å². The zero-order chi connectivity index (χ0) is 22.0. The van der Waals surface area contributed by atoms with Gasteiger partial charge in [0.25, 0.3) is 5.56 Å². The molecule has 0 N–H and O–H groups in total. The van der Waals surface area contributed by atoms with Gasteiger partial charge in [0.2, 0.25) is 5.91 Å². The molecular formula is C23H31N3O5. The second-order valence-corrected chi connectivity index (χ2v) is 9.01. The Hall–Kier alpha value is -2.48. The Kier molecular flexibility index (Phi) is 6.55. The van der Waals surface area contributed by atoms with Crippen molar-refractivity contribution in [1.82, 2.24) is 14.4 Å². The Morgan fingerprint density at radius 3 is 2.61 bits per heavy atom. The summed E-state index contributed by atoms with van der Waals surface area (Å²) in [5.74, 6) is 0.0564. The molecule has 2 saturated heterocycles. The Morgan fingerprint density at radius 1 is 1.10 bits per heavy atom. The maximum atomic E-state index is 12.6. The maximum Gasteiger partial charge on any atom is 0.309 e. The fourth-order valence-electron chi connectivity index (χ4n) is 5.34. The molecule has 8 nitrogen and oxygen atoms in total. The molecule has 3 aliphatic heterocycles. The second kappa shape index (κ2) is 9.34. The number of ether oxygens (including phenoxy) is 1. The third-order valence-electron chi connectivity index (χ3n) is 6.77. The summed E-state index contributed by atoms with van der Waals surface area (Å²) >= 11 is 0. The molecule has 2 fully saturated rings. The summed E-state index contributed by atoms with van der Waals surface area (Å²) in [5, 5.41) is 0. The average Bonchev–Trinajstić information content (AvgIpc) is 2.74. The quantitative estimate of drug-likeness (QED) is 0.496. The van der Waals surface area contributed by atoms with Crippen molar-refractivity contribution < 1.29 is 19.1 Å². The van der Waals surface area contributed by atoms with Crippen molar-refractivity contribution >= 4 is 17.7 Å². The predicted molar refractivity (Wildman–Crippen MR) is 114 cm³/mol.